The molecule has 25 heavy (non-hydrogen) atoms. The molecule has 3 aromatic heterocycles. The molecule has 1 aliphatic rings. The van der Waals surface area contributed by atoms with E-state index in [1.165, 1.54) is 12.5 Å². The Morgan fingerprint density at radius 3 is 2.96 bits per heavy atom. The summed E-state index contributed by atoms with van der Waals surface area (Å²) < 4.78 is 12.5. The molecule has 4 heterocycles. The number of carbonyl (C=O) groups excluding carboxylic acids is 1. The lowest BCUT2D eigenvalue weighted by Gasteiger charge is -2.27. The van der Waals surface area contributed by atoms with Crippen LogP contribution in [0.1, 0.15) is 27.6 Å². The van der Waals surface area contributed by atoms with E-state index in [0.717, 1.165) is 36.9 Å². The molecule has 0 spiro atoms. The molecule has 0 atom stereocenters. The van der Waals surface area contributed by atoms with Crippen molar-refractivity contribution in [3.05, 3.63) is 66.0 Å². The highest BCUT2D eigenvalue weighted by atomic mass is 16.3. The Morgan fingerprint density at radius 2 is 2.20 bits per heavy atom. The molecule has 0 radical (unpaired) electrons. The summed E-state index contributed by atoms with van der Waals surface area (Å²) in [4.78, 5) is 21.1. The lowest BCUT2D eigenvalue weighted by atomic mass is 10.2. The predicted octanol–water partition coefficient (Wildman–Crippen LogP) is 2.36. The number of rotatable bonds is 5. The van der Waals surface area contributed by atoms with Crippen LogP contribution in [0.15, 0.2) is 52.0 Å². The molecule has 0 saturated heterocycles. The quantitative estimate of drug-likeness (QED) is 0.713. The van der Waals surface area contributed by atoms with Gasteiger partial charge in [0.15, 0.2) is 0 Å². The van der Waals surface area contributed by atoms with Gasteiger partial charge >= 0.3 is 0 Å². The fraction of sp³-hybridized carbons (Fsp3) is 0.333. The summed E-state index contributed by atoms with van der Waals surface area (Å²) >= 11 is 0. The van der Waals surface area contributed by atoms with Crippen LogP contribution in [0.3, 0.4) is 0 Å². The molecule has 7 nitrogen and oxygen atoms in total. The molecule has 7 heteroatoms. The number of furan rings is 2. The summed E-state index contributed by atoms with van der Waals surface area (Å²) in [5.74, 6) is 1.84. The van der Waals surface area contributed by atoms with Crippen molar-refractivity contribution in [1.82, 2.24) is 19.4 Å². The van der Waals surface area contributed by atoms with Crippen LogP contribution in [0, 0.1) is 0 Å². The maximum Gasteiger partial charge on any atom is 0.257 e. The van der Waals surface area contributed by atoms with E-state index in [1.807, 2.05) is 24.1 Å². The third kappa shape index (κ3) is 3.36. The fourth-order valence-corrected chi connectivity index (χ4v) is 3.13. The lowest BCUT2D eigenvalue weighted by Crippen LogP contribution is -2.38. The van der Waals surface area contributed by atoms with E-state index < -0.39 is 0 Å². The summed E-state index contributed by atoms with van der Waals surface area (Å²) in [5.41, 5.74) is 1.58. The van der Waals surface area contributed by atoms with Crippen molar-refractivity contribution < 1.29 is 13.6 Å². The van der Waals surface area contributed by atoms with Crippen LogP contribution in [0.25, 0.3) is 0 Å². The first kappa shape index (κ1) is 15.7. The number of carbonyl (C=O) groups is 1. The van der Waals surface area contributed by atoms with Crippen LogP contribution in [-0.4, -0.2) is 38.9 Å². The van der Waals surface area contributed by atoms with E-state index in [4.69, 9.17) is 13.8 Å². The van der Waals surface area contributed by atoms with Crippen LogP contribution in [0.2, 0.25) is 0 Å². The highest BCUT2D eigenvalue weighted by Gasteiger charge is 2.24. The van der Waals surface area contributed by atoms with E-state index in [-0.39, 0.29) is 5.91 Å². The predicted molar refractivity (Wildman–Crippen MR) is 89.6 cm³/mol. The van der Waals surface area contributed by atoms with Gasteiger partial charge in [-0.05, 0) is 25.2 Å². The Hall–Kier alpha value is -2.80. The number of imidazole rings is 1. The van der Waals surface area contributed by atoms with E-state index in [9.17, 15) is 4.79 Å². The number of nitrogens with zero attached hydrogens (tertiary/aromatic N) is 4. The summed E-state index contributed by atoms with van der Waals surface area (Å²) in [5, 5.41) is 0. The zero-order chi connectivity index (χ0) is 17.2. The van der Waals surface area contributed by atoms with Crippen molar-refractivity contribution in [2.45, 2.75) is 26.2 Å². The fourth-order valence-electron chi connectivity index (χ4n) is 3.13. The van der Waals surface area contributed by atoms with Gasteiger partial charge in [-0.2, -0.15) is 0 Å². The Kier molecular flexibility index (Phi) is 4.15. The smallest absolute Gasteiger partial charge is 0.257 e. The minimum atomic E-state index is -0.0144. The summed E-state index contributed by atoms with van der Waals surface area (Å²) in [7, 11) is 2.04. The molecular formula is C18H20N4O3. The van der Waals surface area contributed by atoms with E-state index >= 15 is 0 Å². The molecule has 0 N–H and O–H groups in total. The Morgan fingerprint density at radius 1 is 1.28 bits per heavy atom. The average Bonchev–Trinajstić information content (AvgIpc) is 3.34. The number of fused-ring (bicyclic) bond motifs is 1. The molecule has 1 aliphatic heterocycles. The van der Waals surface area contributed by atoms with Gasteiger partial charge < -0.3 is 18.3 Å². The zero-order valence-electron chi connectivity index (χ0n) is 14.1. The Labute approximate surface area is 145 Å². The first-order valence-corrected chi connectivity index (χ1v) is 8.26. The molecular weight excluding hydrogens is 320 g/mol. The minimum absolute atomic E-state index is 0.0144. The van der Waals surface area contributed by atoms with E-state index in [0.29, 0.717) is 18.7 Å². The third-order valence-electron chi connectivity index (χ3n) is 4.35. The normalized spacial score (nSPS) is 14.1. The minimum Gasteiger partial charge on any atom is -0.472 e. The van der Waals surface area contributed by atoms with Crippen molar-refractivity contribution in [1.29, 1.82) is 0 Å². The van der Waals surface area contributed by atoms with Crippen LogP contribution in [0.5, 0.6) is 0 Å². The molecule has 1 amide bonds. The standard InChI is InChI=1S/C18H20N4O3/c1-20(11-16-3-2-7-25-16)9-15-10-21-5-6-22(12-17(21)19-15)18(23)14-4-8-24-13-14/h2-4,7-8,10,13H,5-6,9,11-12H2,1H3. The van der Waals surface area contributed by atoms with Gasteiger partial charge in [-0.25, -0.2) is 4.98 Å². The SMILES string of the molecule is CN(Cc1cn2c(n1)CN(C(=O)c1ccoc1)CC2)Cc1ccco1. The highest BCUT2D eigenvalue weighted by Crippen LogP contribution is 2.17. The highest BCUT2D eigenvalue weighted by molar-refractivity contribution is 5.93. The maximum absolute atomic E-state index is 12.4. The van der Waals surface area contributed by atoms with Gasteiger partial charge in [-0.1, -0.05) is 0 Å². The topological polar surface area (TPSA) is 67.7 Å². The van der Waals surface area contributed by atoms with Gasteiger partial charge in [0.25, 0.3) is 5.91 Å². The number of hydrogen-bond donors (Lipinski definition) is 0. The number of amides is 1. The van der Waals surface area contributed by atoms with Crippen LogP contribution < -0.4 is 0 Å². The van der Waals surface area contributed by atoms with Crippen molar-refractivity contribution >= 4 is 5.91 Å². The molecule has 3 aromatic rings. The molecule has 0 bridgehead atoms. The van der Waals surface area contributed by atoms with E-state index in [1.54, 1.807) is 12.3 Å². The zero-order valence-corrected chi connectivity index (χ0v) is 14.1. The molecule has 0 unspecified atom stereocenters. The van der Waals surface area contributed by atoms with E-state index in [2.05, 4.69) is 15.7 Å². The van der Waals surface area contributed by atoms with Gasteiger partial charge in [0, 0.05) is 25.8 Å². The van der Waals surface area contributed by atoms with Crippen LogP contribution in [0.4, 0.5) is 0 Å². The van der Waals surface area contributed by atoms with Crippen molar-refractivity contribution in [3.63, 3.8) is 0 Å². The van der Waals surface area contributed by atoms with Crippen molar-refractivity contribution in [3.8, 4) is 0 Å². The second-order valence-electron chi connectivity index (χ2n) is 6.33. The molecule has 0 saturated carbocycles. The van der Waals surface area contributed by atoms with Crippen LogP contribution >= 0.6 is 0 Å². The molecule has 0 aliphatic carbocycles. The largest absolute Gasteiger partial charge is 0.472 e. The average molecular weight is 340 g/mol. The first-order valence-electron chi connectivity index (χ1n) is 8.26. The molecule has 130 valence electrons. The van der Waals surface area contributed by atoms with Gasteiger partial charge in [-0.15, -0.1) is 0 Å². The van der Waals surface area contributed by atoms with Crippen LogP contribution in [-0.2, 0) is 26.2 Å². The van der Waals surface area contributed by atoms with Gasteiger partial charge in [-0.3, -0.25) is 9.69 Å². The Bertz CT molecular complexity index is 836. The second kappa shape index (κ2) is 6.60. The lowest BCUT2D eigenvalue weighted by molar-refractivity contribution is 0.0706. The second-order valence-corrected chi connectivity index (χ2v) is 6.33. The van der Waals surface area contributed by atoms with Gasteiger partial charge in [0.2, 0.25) is 0 Å². The van der Waals surface area contributed by atoms with Crippen molar-refractivity contribution in [2.24, 2.45) is 0 Å². The number of hydrogen-bond acceptors (Lipinski definition) is 5. The summed E-state index contributed by atoms with van der Waals surface area (Å²) in [6.07, 6.45) is 6.77. The third-order valence-corrected chi connectivity index (χ3v) is 4.35. The van der Waals surface area contributed by atoms with Crippen molar-refractivity contribution in [2.75, 3.05) is 13.6 Å². The molecule has 0 aromatic carbocycles. The molecule has 4 rings (SSSR count). The summed E-state index contributed by atoms with van der Waals surface area (Å²) in [6, 6.07) is 5.55. The first-order chi connectivity index (χ1) is 12.2. The number of aromatic nitrogens is 2. The maximum atomic E-state index is 12.4. The van der Waals surface area contributed by atoms with Gasteiger partial charge in [0.1, 0.15) is 17.8 Å². The monoisotopic (exact) mass is 340 g/mol. The van der Waals surface area contributed by atoms with Gasteiger partial charge in [0.05, 0.1) is 36.9 Å². The summed E-state index contributed by atoms with van der Waals surface area (Å²) in [6.45, 7) is 3.42. The molecule has 0 fully saturated rings. The Balaban J connectivity index is 1.41.